The lowest BCUT2D eigenvalue weighted by Gasteiger charge is -2.02. The van der Waals surface area contributed by atoms with E-state index in [1.165, 1.54) is 4.68 Å². The molecule has 0 aliphatic rings. The Morgan fingerprint density at radius 2 is 2.08 bits per heavy atom. The molecule has 0 aliphatic carbocycles. The quantitative estimate of drug-likeness (QED) is 0.687. The second-order valence-electron chi connectivity index (χ2n) is 3.79. The fourth-order valence-electron chi connectivity index (χ4n) is 1.23. The van der Waals surface area contributed by atoms with Crippen molar-refractivity contribution in [3.8, 4) is 0 Å². The molecule has 0 unspecified atom stereocenters. The lowest BCUT2D eigenvalue weighted by atomic mass is 10.1. The van der Waals surface area contributed by atoms with Gasteiger partial charge in [0.25, 0.3) is 0 Å². The molecular weight excluding hydrogens is 164 g/mol. The summed E-state index contributed by atoms with van der Waals surface area (Å²) in [6, 6.07) is 0. The first-order chi connectivity index (χ1) is 6.02. The van der Waals surface area contributed by atoms with E-state index < -0.39 is 0 Å². The normalized spacial score (nSPS) is 11.1. The van der Waals surface area contributed by atoms with Crippen molar-refractivity contribution < 1.29 is 0 Å². The number of hydrogen-bond donors (Lipinski definition) is 2. The van der Waals surface area contributed by atoms with Crippen LogP contribution >= 0.6 is 0 Å². The largest absolute Gasteiger partial charge is 0.382 e. The van der Waals surface area contributed by atoms with Gasteiger partial charge < -0.3 is 11.6 Å². The molecular formula is C9H18N4. The van der Waals surface area contributed by atoms with Gasteiger partial charge in [0.1, 0.15) is 11.6 Å². The minimum absolute atomic E-state index is 0.596. The predicted molar refractivity (Wildman–Crippen MR) is 54.7 cm³/mol. The van der Waals surface area contributed by atoms with E-state index in [2.05, 4.69) is 18.8 Å². The van der Waals surface area contributed by atoms with Gasteiger partial charge in [0, 0.05) is 0 Å². The Morgan fingerprint density at radius 3 is 2.46 bits per heavy atom. The topological polar surface area (TPSA) is 69.9 Å². The van der Waals surface area contributed by atoms with Gasteiger partial charge in [-0.25, -0.2) is 9.66 Å². The molecule has 0 atom stereocenters. The van der Waals surface area contributed by atoms with Gasteiger partial charge >= 0.3 is 0 Å². The van der Waals surface area contributed by atoms with Crippen LogP contribution in [0.5, 0.6) is 0 Å². The summed E-state index contributed by atoms with van der Waals surface area (Å²) in [4.78, 5) is 4.29. The van der Waals surface area contributed by atoms with E-state index in [9.17, 15) is 0 Å². The van der Waals surface area contributed by atoms with Crippen molar-refractivity contribution in [2.75, 3.05) is 11.6 Å². The molecule has 0 fully saturated rings. The molecule has 0 aliphatic heterocycles. The molecule has 0 saturated carbocycles. The molecule has 4 nitrogen and oxygen atoms in total. The molecule has 1 rings (SSSR count). The van der Waals surface area contributed by atoms with Crippen molar-refractivity contribution in [1.82, 2.24) is 9.66 Å². The van der Waals surface area contributed by atoms with Crippen LogP contribution in [0.2, 0.25) is 0 Å². The van der Waals surface area contributed by atoms with Gasteiger partial charge in [0.2, 0.25) is 0 Å². The maximum Gasteiger partial charge on any atom is 0.145 e. The van der Waals surface area contributed by atoms with Gasteiger partial charge in [-0.05, 0) is 25.7 Å². The molecule has 13 heavy (non-hydrogen) atoms. The van der Waals surface area contributed by atoms with Gasteiger partial charge in [-0.2, -0.15) is 0 Å². The Labute approximate surface area is 78.9 Å². The summed E-state index contributed by atoms with van der Waals surface area (Å²) in [6.07, 6.45) is 2.01. The van der Waals surface area contributed by atoms with Crippen molar-refractivity contribution in [2.24, 2.45) is 5.92 Å². The molecule has 1 aromatic heterocycles. The van der Waals surface area contributed by atoms with Gasteiger partial charge in [0.05, 0.1) is 5.69 Å². The van der Waals surface area contributed by atoms with Crippen molar-refractivity contribution in [1.29, 1.82) is 0 Å². The molecule has 0 radical (unpaired) electrons. The van der Waals surface area contributed by atoms with Crippen LogP contribution in [0.3, 0.4) is 0 Å². The molecule has 0 amide bonds. The average Bonchev–Trinajstić information content (AvgIpc) is 2.29. The zero-order valence-corrected chi connectivity index (χ0v) is 8.54. The maximum absolute atomic E-state index is 5.77. The Balaban J connectivity index is 2.72. The van der Waals surface area contributed by atoms with Crippen molar-refractivity contribution in [3.05, 3.63) is 11.5 Å². The minimum atomic E-state index is 0.596. The number of rotatable bonds is 3. The van der Waals surface area contributed by atoms with E-state index in [0.717, 1.165) is 24.4 Å². The highest BCUT2D eigenvalue weighted by molar-refractivity contribution is 5.38. The molecule has 0 aromatic carbocycles. The second-order valence-corrected chi connectivity index (χ2v) is 3.79. The lowest BCUT2D eigenvalue weighted by Crippen LogP contribution is -2.13. The van der Waals surface area contributed by atoms with Gasteiger partial charge in [-0.15, -0.1) is 0 Å². The summed E-state index contributed by atoms with van der Waals surface area (Å²) in [7, 11) is 0. The molecule has 74 valence electrons. The van der Waals surface area contributed by atoms with E-state index in [4.69, 9.17) is 11.6 Å². The first-order valence-electron chi connectivity index (χ1n) is 4.61. The SMILES string of the molecule is Cc1nc(CCC(C)C)c(N)n1N. The maximum atomic E-state index is 5.77. The smallest absolute Gasteiger partial charge is 0.145 e. The van der Waals surface area contributed by atoms with Crippen LogP contribution < -0.4 is 11.6 Å². The van der Waals surface area contributed by atoms with Crippen molar-refractivity contribution in [2.45, 2.75) is 33.6 Å². The van der Waals surface area contributed by atoms with E-state index in [1.54, 1.807) is 0 Å². The molecule has 1 aromatic rings. The second kappa shape index (κ2) is 3.68. The molecule has 4 N–H and O–H groups in total. The zero-order chi connectivity index (χ0) is 10.0. The molecule has 4 heteroatoms. The van der Waals surface area contributed by atoms with Gasteiger partial charge in [0.15, 0.2) is 0 Å². The van der Waals surface area contributed by atoms with Crippen LogP contribution in [0.4, 0.5) is 5.82 Å². The first-order valence-corrected chi connectivity index (χ1v) is 4.61. The third-order valence-electron chi connectivity index (χ3n) is 2.16. The Bertz CT molecular complexity index is 288. The number of nitrogen functional groups attached to an aromatic ring is 2. The predicted octanol–water partition coefficient (Wildman–Crippen LogP) is 1.08. The van der Waals surface area contributed by atoms with E-state index >= 15 is 0 Å². The third-order valence-corrected chi connectivity index (χ3v) is 2.16. The lowest BCUT2D eigenvalue weighted by molar-refractivity contribution is 0.582. The van der Waals surface area contributed by atoms with E-state index in [1.807, 2.05) is 6.92 Å². The monoisotopic (exact) mass is 182 g/mol. The fraction of sp³-hybridized carbons (Fsp3) is 0.667. The summed E-state index contributed by atoms with van der Waals surface area (Å²) < 4.78 is 1.44. The van der Waals surface area contributed by atoms with E-state index in [-0.39, 0.29) is 0 Å². The summed E-state index contributed by atoms with van der Waals surface area (Å²) in [5.41, 5.74) is 6.69. The number of aryl methyl sites for hydroxylation is 2. The van der Waals surface area contributed by atoms with Gasteiger partial charge in [-0.3, -0.25) is 0 Å². The molecule has 0 bridgehead atoms. The van der Waals surface area contributed by atoms with Crippen molar-refractivity contribution in [3.63, 3.8) is 0 Å². The molecule has 0 spiro atoms. The van der Waals surface area contributed by atoms with Crippen LogP contribution in [0.25, 0.3) is 0 Å². The Hall–Kier alpha value is -1.19. The fourth-order valence-corrected chi connectivity index (χ4v) is 1.23. The highest BCUT2D eigenvalue weighted by atomic mass is 15.4. The molecule has 1 heterocycles. The number of hydrogen-bond acceptors (Lipinski definition) is 3. The first kappa shape index (κ1) is 9.89. The van der Waals surface area contributed by atoms with Crippen LogP contribution in [0.15, 0.2) is 0 Å². The standard InChI is InChI=1S/C9H18N4/c1-6(2)4-5-8-9(10)13(11)7(3)12-8/h6H,4-5,10-11H2,1-3H3. The highest BCUT2D eigenvalue weighted by Crippen LogP contribution is 2.14. The zero-order valence-electron chi connectivity index (χ0n) is 8.54. The summed E-state index contributed by atoms with van der Waals surface area (Å²) in [5, 5.41) is 0. The number of imidazole rings is 1. The summed E-state index contributed by atoms with van der Waals surface area (Å²) in [6.45, 7) is 6.22. The Morgan fingerprint density at radius 1 is 1.46 bits per heavy atom. The van der Waals surface area contributed by atoms with Gasteiger partial charge in [-0.1, -0.05) is 13.8 Å². The summed E-state index contributed by atoms with van der Waals surface area (Å²) >= 11 is 0. The van der Waals surface area contributed by atoms with Crippen LogP contribution in [0, 0.1) is 12.8 Å². The van der Waals surface area contributed by atoms with Crippen molar-refractivity contribution >= 4 is 5.82 Å². The van der Waals surface area contributed by atoms with Crippen LogP contribution in [0.1, 0.15) is 31.8 Å². The molecule has 0 saturated heterocycles. The summed E-state index contributed by atoms with van der Waals surface area (Å²) in [5.74, 6) is 7.68. The number of anilines is 1. The third kappa shape index (κ3) is 2.14. The highest BCUT2D eigenvalue weighted by Gasteiger charge is 2.09. The number of nitrogens with two attached hydrogens (primary N) is 2. The van der Waals surface area contributed by atoms with E-state index in [0.29, 0.717) is 11.7 Å². The van der Waals surface area contributed by atoms with Crippen LogP contribution in [-0.4, -0.2) is 9.66 Å². The van der Waals surface area contributed by atoms with Crippen LogP contribution in [-0.2, 0) is 6.42 Å². The average molecular weight is 182 g/mol. The number of aromatic nitrogens is 2. The Kier molecular flexibility index (Phi) is 2.80. The minimum Gasteiger partial charge on any atom is -0.382 e. The number of nitrogens with zero attached hydrogens (tertiary/aromatic N) is 2.